The zero-order valence-electron chi connectivity index (χ0n) is 11.1. The highest BCUT2D eigenvalue weighted by molar-refractivity contribution is 7.91. The van der Waals surface area contributed by atoms with Gasteiger partial charge in [-0.1, -0.05) is 0 Å². The average Bonchev–Trinajstić information content (AvgIpc) is 2.84. The molecule has 1 atom stereocenters. The van der Waals surface area contributed by atoms with Gasteiger partial charge in [-0.15, -0.1) is 11.3 Å². The van der Waals surface area contributed by atoms with Gasteiger partial charge < -0.3 is 0 Å². The Morgan fingerprint density at radius 3 is 2.42 bits per heavy atom. The van der Waals surface area contributed by atoms with Gasteiger partial charge in [0.05, 0.1) is 16.7 Å². The fourth-order valence-electron chi connectivity index (χ4n) is 1.65. The fourth-order valence-corrected chi connectivity index (χ4v) is 4.36. The van der Waals surface area contributed by atoms with E-state index in [-0.39, 0.29) is 4.21 Å². The SMILES string of the molecule is Cc1nc(C(C)NS(=O)(=O)c2sc(C)nc2C)n[nH]1. The number of sulfonamides is 1. The summed E-state index contributed by atoms with van der Waals surface area (Å²) in [6.45, 7) is 6.91. The quantitative estimate of drug-likeness (QED) is 0.884. The highest BCUT2D eigenvalue weighted by atomic mass is 32.2. The van der Waals surface area contributed by atoms with Gasteiger partial charge in [0.1, 0.15) is 5.82 Å². The molecule has 9 heteroatoms. The fraction of sp³-hybridized carbons (Fsp3) is 0.500. The first kappa shape index (κ1) is 14.1. The Morgan fingerprint density at radius 2 is 1.95 bits per heavy atom. The Labute approximate surface area is 115 Å². The molecule has 2 N–H and O–H groups in total. The zero-order valence-corrected chi connectivity index (χ0v) is 12.7. The number of aromatic nitrogens is 4. The van der Waals surface area contributed by atoms with Gasteiger partial charge in [-0.25, -0.2) is 18.4 Å². The normalized spacial score (nSPS) is 13.7. The molecule has 0 aromatic carbocycles. The molecule has 1 unspecified atom stereocenters. The van der Waals surface area contributed by atoms with Crippen molar-refractivity contribution >= 4 is 21.4 Å². The van der Waals surface area contributed by atoms with E-state index in [9.17, 15) is 8.42 Å². The lowest BCUT2D eigenvalue weighted by Crippen LogP contribution is -2.27. The van der Waals surface area contributed by atoms with Crippen molar-refractivity contribution in [1.29, 1.82) is 0 Å². The summed E-state index contributed by atoms with van der Waals surface area (Å²) in [5, 5.41) is 7.35. The molecule has 0 aliphatic carbocycles. The van der Waals surface area contributed by atoms with Gasteiger partial charge in [0.25, 0.3) is 10.0 Å². The smallest absolute Gasteiger partial charge is 0.252 e. The van der Waals surface area contributed by atoms with Gasteiger partial charge in [0, 0.05) is 0 Å². The van der Waals surface area contributed by atoms with Crippen molar-refractivity contribution in [2.24, 2.45) is 0 Å². The first-order valence-corrected chi connectivity index (χ1v) is 7.95. The predicted molar refractivity (Wildman–Crippen MR) is 71.4 cm³/mol. The number of hydrogen-bond acceptors (Lipinski definition) is 6. The van der Waals surface area contributed by atoms with E-state index in [1.165, 1.54) is 0 Å². The molecule has 19 heavy (non-hydrogen) atoms. The van der Waals surface area contributed by atoms with Crippen LogP contribution in [0.15, 0.2) is 4.21 Å². The maximum Gasteiger partial charge on any atom is 0.252 e. The Balaban J connectivity index is 2.24. The number of aromatic amines is 1. The molecule has 2 rings (SSSR count). The van der Waals surface area contributed by atoms with E-state index in [2.05, 4.69) is 24.9 Å². The highest BCUT2D eigenvalue weighted by Crippen LogP contribution is 2.24. The molecule has 0 amide bonds. The summed E-state index contributed by atoms with van der Waals surface area (Å²) in [7, 11) is -3.60. The highest BCUT2D eigenvalue weighted by Gasteiger charge is 2.24. The number of H-pyrrole nitrogens is 1. The Bertz CT molecular complexity index is 689. The summed E-state index contributed by atoms with van der Waals surface area (Å²) >= 11 is 1.15. The van der Waals surface area contributed by atoms with Gasteiger partial charge >= 0.3 is 0 Å². The number of thiazole rings is 1. The van der Waals surface area contributed by atoms with E-state index in [1.54, 1.807) is 27.7 Å². The number of rotatable bonds is 4. The van der Waals surface area contributed by atoms with Gasteiger partial charge in [0.2, 0.25) is 0 Å². The first-order chi connectivity index (χ1) is 8.79. The van der Waals surface area contributed by atoms with Crippen molar-refractivity contribution in [3.05, 3.63) is 22.4 Å². The third-order valence-electron chi connectivity index (χ3n) is 2.44. The standard InChI is InChI=1S/C10H15N5O2S2/c1-5(9-12-7(3)13-14-9)15-19(16,17)10-6(2)11-8(4)18-10/h5,15H,1-4H3,(H,12,13,14). The lowest BCUT2D eigenvalue weighted by Gasteiger charge is -2.10. The second kappa shape index (κ2) is 4.99. The molecule has 104 valence electrons. The molecule has 0 saturated carbocycles. The van der Waals surface area contributed by atoms with Gasteiger partial charge in [-0.05, 0) is 27.7 Å². The van der Waals surface area contributed by atoms with Crippen LogP contribution in [0.1, 0.15) is 35.3 Å². The van der Waals surface area contributed by atoms with Crippen molar-refractivity contribution in [2.45, 2.75) is 37.9 Å². The summed E-state index contributed by atoms with van der Waals surface area (Å²) in [5.74, 6) is 1.06. The number of nitrogens with one attached hydrogen (secondary N) is 2. The molecule has 0 aliphatic heterocycles. The number of aryl methyl sites for hydroxylation is 3. The van der Waals surface area contributed by atoms with Crippen LogP contribution in [0.25, 0.3) is 0 Å². The molecule has 0 spiro atoms. The van der Waals surface area contributed by atoms with Gasteiger partial charge in [0.15, 0.2) is 10.0 Å². The molecule has 0 fully saturated rings. The molecule has 2 aromatic heterocycles. The molecule has 2 heterocycles. The molecule has 2 aromatic rings. The van der Waals surface area contributed by atoms with E-state index >= 15 is 0 Å². The number of hydrogen-bond donors (Lipinski definition) is 2. The maximum atomic E-state index is 12.3. The van der Waals surface area contributed by atoms with Crippen molar-refractivity contribution < 1.29 is 8.42 Å². The first-order valence-electron chi connectivity index (χ1n) is 5.65. The van der Waals surface area contributed by atoms with Crippen LogP contribution in [-0.4, -0.2) is 28.6 Å². The predicted octanol–water partition coefficient (Wildman–Crippen LogP) is 1.23. The Morgan fingerprint density at radius 1 is 1.26 bits per heavy atom. The van der Waals surface area contributed by atoms with Crippen LogP contribution < -0.4 is 4.72 Å². The maximum absolute atomic E-state index is 12.3. The third-order valence-corrected chi connectivity index (χ3v) is 5.66. The molecular formula is C10H15N5O2S2. The van der Waals surface area contributed by atoms with Crippen molar-refractivity contribution in [3.8, 4) is 0 Å². The summed E-state index contributed by atoms with van der Waals surface area (Å²) < 4.78 is 27.3. The summed E-state index contributed by atoms with van der Waals surface area (Å²) in [6, 6.07) is -0.503. The van der Waals surface area contributed by atoms with Crippen LogP contribution in [0.3, 0.4) is 0 Å². The van der Waals surface area contributed by atoms with Crippen LogP contribution in [-0.2, 0) is 10.0 Å². The van der Waals surface area contributed by atoms with E-state index in [1.807, 2.05) is 0 Å². The minimum absolute atomic E-state index is 0.240. The number of nitrogens with zero attached hydrogens (tertiary/aromatic N) is 3. The van der Waals surface area contributed by atoms with Crippen molar-refractivity contribution in [2.75, 3.05) is 0 Å². The van der Waals surface area contributed by atoms with E-state index in [0.717, 1.165) is 16.3 Å². The minimum Gasteiger partial charge on any atom is -0.263 e. The molecule has 7 nitrogen and oxygen atoms in total. The van der Waals surface area contributed by atoms with Crippen molar-refractivity contribution in [3.63, 3.8) is 0 Å². The third kappa shape index (κ3) is 2.99. The lowest BCUT2D eigenvalue weighted by atomic mass is 10.3. The zero-order chi connectivity index (χ0) is 14.2. The largest absolute Gasteiger partial charge is 0.263 e. The van der Waals surface area contributed by atoms with Gasteiger partial charge in [-0.2, -0.15) is 9.82 Å². The second-order valence-corrected chi connectivity index (χ2v) is 7.34. The molecule has 0 bridgehead atoms. The topological polar surface area (TPSA) is 101 Å². The van der Waals surface area contributed by atoms with Crippen LogP contribution >= 0.6 is 11.3 Å². The van der Waals surface area contributed by atoms with Crippen LogP contribution in [0.4, 0.5) is 0 Å². The van der Waals surface area contributed by atoms with Crippen molar-refractivity contribution in [1.82, 2.24) is 24.9 Å². The van der Waals surface area contributed by atoms with Crippen LogP contribution in [0, 0.1) is 20.8 Å². The lowest BCUT2D eigenvalue weighted by molar-refractivity contribution is 0.561. The molecule has 0 radical (unpaired) electrons. The Hall–Kier alpha value is -1.32. The minimum atomic E-state index is -3.60. The second-order valence-electron chi connectivity index (χ2n) is 4.23. The Kier molecular flexibility index (Phi) is 3.70. The molecule has 0 saturated heterocycles. The average molecular weight is 301 g/mol. The summed E-state index contributed by atoms with van der Waals surface area (Å²) in [5.41, 5.74) is 0.508. The summed E-state index contributed by atoms with van der Waals surface area (Å²) in [4.78, 5) is 8.23. The van der Waals surface area contributed by atoms with Gasteiger partial charge in [-0.3, -0.25) is 5.10 Å². The van der Waals surface area contributed by atoms with E-state index < -0.39 is 16.1 Å². The molecule has 0 aliphatic rings. The van der Waals surface area contributed by atoms with Crippen LogP contribution in [0.5, 0.6) is 0 Å². The van der Waals surface area contributed by atoms with Crippen LogP contribution in [0.2, 0.25) is 0 Å². The monoisotopic (exact) mass is 301 g/mol. The summed E-state index contributed by atoms with van der Waals surface area (Å²) in [6.07, 6.45) is 0. The van der Waals surface area contributed by atoms with E-state index in [4.69, 9.17) is 0 Å². The van der Waals surface area contributed by atoms with E-state index in [0.29, 0.717) is 17.3 Å². The molecular weight excluding hydrogens is 286 g/mol.